The van der Waals surface area contributed by atoms with Gasteiger partial charge in [0, 0.05) is 31.7 Å². The van der Waals surface area contributed by atoms with Gasteiger partial charge in [0.15, 0.2) is 0 Å². The van der Waals surface area contributed by atoms with Crippen molar-refractivity contribution in [1.29, 1.82) is 0 Å². The van der Waals surface area contributed by atoms with Crippen molar-refractivity contribution in [2.75, 3.05) is 19.6 Å². The third kappa shape index (κ3) is 3.40. The predicted molar refractivity (Wildman–Crippen MR) is 80.8 cm³/mol. The van der Waals surface area contributed by atoms with E-state index >= 15 is 0 Å². The topological polar surface area (TPSA) is 34.0 Å². The molecule has 0 amide bonds. The minimum Gasteiger partial charge on any atom is -0.303 e. The molecule has 2 aliphatic rings. The number of rotatable bonds is 6. The van der Waals surface area contributed by atoms with Crippen LogP contribution in [0.3, 0.4) is 0 Å². The number of nitrogens with zero attached hydrogens (tertiary/aromatic N) is 4. The summed E-state index contributed by atoms with van der Waals surface area (Å²) < 4.78 is 2.14. The van der Waals surface area contributed by atoms with E-state index in [1.54, 1.807) is 0 Å². The smallest absolute Gasteiger partial charge is 0.0858 e. The van der Waals surface area contributed by atoms with Gasteiger partial charge in [0.25, 0.3) is 0 Å². The zero-order valence-electron chi connectivity index (χ0n) is 13.0. The number of hydrogen-bond donors (Lipinski definition) is 0. The maximum atomic E-state index is 4.36. The molecule has 1 unspecified atom stereocenters. The molecule has 0 radical (unpaired) electrons. The Bertz CT molecular complexity index is 416. The van der Waals surface area contributed by atoms with E-state index in [2.05, 4.69) is 39.9 Å². The molecule has 1 saturated carbocycles. The summed E-state index contributed by atoms with van der Waals surface area (Å²) in [5.74, 6) is 1.56. The van der Waals surface area contributed by atoms with Crippen LogP contribution in [0.1, 0.15) is 70.0 Å². The molecule has 1 aromatic rings. The van der Waals surface area contributed by atoms with Crippen LogP contribution in [0.25, 0.3) is 0 Å². The van der Waals surface area contributed by atoms with Crippen LogP contribution in [0.5, 0.6) is 0 Å². The Balaban J connectivity index is 1.47. The van der Waals surface area contributed by atoms with Crippen LogP contribution < -0.4 is 0 Å². The molecule has 4 nitrogen and oxygen atoms in total. The second-order valence-corrected chi connectivity index (χ2v) is 6.82. The molecule has 4 heteroatoms. The van der Waals surface area contributed by atoms with Gasteiger partial charge in [-0.15, -0.1) is 5.10 Å². The van der Waals surface area contributed by atoms with Crippen LogP contribution in [0.2, 0.25) is 0 Å². The molecular weight excluding hydrogens is 248 g/mol. The van der Waals surface area contributed by atoms with Crippen LogP contribution >= 0.6 is 0 Å². The fourth-order valence-corrected chi connectivity index (χ4v) is 3.43. The zero-order valence-corrected chi connectivity index (χ0v) is 13.0. The normalized spacial score (nSPS) is 23.1. The van der Waals surface area contributed by atoms with Gasteiger partial charge in [-0.25, -0.2) is 4.68 Å². The molecular formula is C16H28N4. The molecule has 0 N–H and O–H groups in total. The van der Waals surface area contributed by atoms with Crippen molar-refractivity contribution in [2.24, 2.45) is 5.92 Å². The maximum Gasteiger partial charge on any atom is 0.0858 e. The van der Waals surface area contributed by atoms with Crippen LogP contribution in [0, 0.1) is 5.92 Å². The first-order valence-corrected chi connectivity index (χ1v) is 8.40. The summed E-state index contributed by atoms with van der Waals surface area (Å²) in [6, 6.07) is 0.577. The van der Waals surface area contributed by atoms with E-state index in [1.807, 2.05) is 0 Å². The fraction of sp³-hybridized carbons (Fsp3) is 0.875. The Kier molecular flexibility index (Phi) is 4.39. The summed E-state index contributed by atoms with van der Waals surface area (Å²) in [6.45, 7) is 8.37. The van der Waals surface area contributed by atoms with E-state index in [9.17, 15) is 0 Å². The van der Waals surface area contributed by atoms with Gasteiger partial charge in [0.1, 0.15) is 0 Å². The maximum absolute atomic E-state index is 4.36. The Morgan fingerprint density at radius 3 is 2.65 bits per heavy atom. The molecule has 1 saturated heterocycles. The van der Waals surface area contributed by atoms with Crippen molar-refractivity contribution in [3.8, 4) is 0 Å². The summed E-state index contributed by atoms with van der Waals surface area (Å²) in [6.07, 6.45) is 9.95. The van der Waals surface area contributed by atoms with E-state index in [4.69, 9.17) is 0 Å². The number of likely N-dealkylation sites (tertiary alicyclic amines) is 1. The Labute approximate surface area is 122 Å². The summed E-state index contributed by atoms with van der Waals surface area (Å²) in [7, 11) is 0. The molecule has 1 aliphatic carbocycles. The molecule has 3 rings (SSSR count). The van der Waals surface area contributed by atoms with Crippen molar-refractivity contribution in [2.45, 2.75) is 64.3 Å². The van der Waals surface area contributed by atoms with Gasteiger partial charge < -0.3 is 4.90 Å². The largest absolute Gasteiger partial charge is 0.303 e. The highest BCUT2D eigenvalue weighted by Gasteiger charge is 2.28. The SMILES string of the molecule is CCCC(C)CN1CCC(n2cc(C3CC3)nn2)CC1. The van der Waals surface area contributed by atoms with Gasteiger partial charge in [-0.1, -0.05) is 25.5 Å². The van der Waals surface area contributed by atoms with Gasteiger partial charge in [0.05, 0.1) is 11.7 Å². The molecule has 1 aromatic heterocycles. The third-order valence-electron chi connectivity index (χ3n) is 4.81. The molecule has 20 heavy (non-hydrogen) atoms. The minimum absolute atomic E-state index is 0.577. The van der Waals surface area contributed by atoms with E-state index < -0.39 is 0 Å². The Morgan fingerprint density at radius 1 is 1.25 bits per heavy atom. The van der Waals surface area contributed by atoms with Gasteiger partial charge in [-0.05, 0) is 38.0 Å². The second kappa shape index (κ2) is 6.25. The van der Waals surface area contributed by atoms with Crippen molar-refractivity contribution in [3.63, 3.8) is 0 Å². The highest BCUT2D eigenvalue weighted by molar-refractivity contribution is 5.09. The Hall–Kier alpha value is -0.900. The van der Waals surface area contributed by atoms with E-state index in [0.29, 0.717) is 6.04 Å². The first kappa shape index (κ1) is 14.1. The van der Waals surface area contributed by atoms with Gasteiger partial charge in [0.2, 0.25) is 0 Å². The van der Waals surface area contributed by atoms with Gasteiger partial charge >= 0.3 is 0 Å². The van der Waals surface area contributed by atoms with Crippen LogP contribution in [-0.2, 0) is 0 Å². The lowest BCUT2D eigenvalue weighted by atomic mass is 10.0. The molecule has 0 bridgehead atoms. The first-order chi connectivity index (χ1) is 9.76. The number of piperidine rings is 1. The van der Waals surface area contributed by atoms with Crippen LogP contribution in [0.4, 0.5) is 0 Å². The van der Waals surface area contributed by atoms with Crippen LogP contribution in [-0.4, -0.2) is 39.5 Å². The van der Waals surface area contributed by atoms with Gasteiger partial charge in [-0.3, -0.25) is 0 Å². The predicted octanol–water partition coefficient (Wildman–Crippen LogP) is 3.23. The molecule has 1 atom stereocenters. The lowest BCUT2D eigenvalue weighted by Crippen LogP contribution is -2.37. The summed E-state index contributed by atoms with van der Waals surface area (Å²) in [5.41, 5.74) is 1.23. The summed E-state index contributed by atoms with van der Waals surface area (Å²) in [4.78, 5) is 2.63. The highest BCUT2D eigenvalue weighted by Crippen LogP contribution is 2.39. The summed E-state index contributed by atoms with van der Waals surface area (Å²) >= 11 is 0. The quantitative estimate of drug-likeness (QED) is 0.800. The monoisotopic (exact) mass is 276 g/mol. The van der Waals surface area contributed by atoms with Crippen molar-refractivity contribution in [3.05, 3.63) is 11.9 Å². The summed E-state index contributed by atoms with van der Waals surface area (Å²) in [5, 5.41) is 8.71. The molecule has 0 spiro atoms. The zero-order chi connectivity index (χ0) is 13.9. The standard InChI is InChI=1S/C16H28N4/c1-3-4-13(2)11-19-9-7-15(8-10-19)20-12-16(17-18-20)14-5-6-14/h12-15H,3-11H2,1-2H3. The average Bonchev–Trinajstić information content (AvgIpc) is 3.18. The minimum atomic E-state index is 0.577. The molecule has 1 aliphatic heterocycles. The Morgan fingerprint density at radius 2 is 2.00 bits per heavy atom. The lowest BCUT2D eigenvalue weighted by Gasteiger charge is -2.33. The van der Waals surface area contributed by atoms with E-state index in [0.717, 1.165) is 11.8 Å². The molecule has 112 valence electrons. The third-order valence-corrected chi connectivity index (χ3v) is 4.81. The number of hydrogen-bond acceptors (Lipinski definition) is 3. The molecule has 0 aromatic carbocycles. The van der Waals surface area contributed by atoms with E-state index in [1.165, 1.54) is 63.9 Å². The number of aromatic nitrogens is 3. The fourth-order valence-electron chi connectivity index (χ4n) is 3.43. The first-order valence-electron chi connectivity index (χ1n) is 8.40. The van der Waals surface area contributed by atoms with Crippen LogP contribution in [0.15, 0.2) is 6.20 Å². The average molecular weight is 276 g/mol. The van der Waals surface area contributed by atoms with Crippen molar-refractivity contribution < 1.29 is 0 Å². The van der Waals surface area contributed by atoms with Crippen molar-refractivity contribution in [1.82, 2.24) is 19.9 Å². The molecule has 2 heterocycles. The van der Waals surface area contributed by atoms with Crippen molar-refractivity contribution >= 4 is 0 Å². The van der Waals surface area contributed by atoms with E-state index in [-0.39, 0.29) is 0 Å². The second-order valence-electron chi connectivity index (χ2n) is 6.82. The molecule has 2 fully saturated rings. The van der Waals surface area contributed by atoms with Gasteiger partial charge in [-0.2, -0.15) is 0 Å². The lowest BCUT2D eigenvalue weighted by molar-refractivity contribution is 0.157. The highest BCUT2D eigenvalue weighted by atomic mass is 15.4.